The van der Waals surface area contributed by atoms with Gasteiger partial charge in [0.15, 0.2) is 0 Å². The third kappa shape index (κ3) is 4.41. The van der Waals surface area contributed by atoms with Crippen LogP contribution in [0.2, 0.25) is 0 Å². The zero-order valence-corrected chi connectivity index (χ0v) is 15.8. The third-order valence-corrected chi connectivity index (χ3v) is 5.88. The second kappa shape index (κ2) is 8.43. The number of hydrogen-bond donors (Lipinski definition) is 1. The molecule has 1 saturated carbocycles. The van der Waals surface area contributed by atoms with Gasteiger partial charge in [-0.1, -0.05) is 42.5 Å². The Kier molecular flexibility index (Phi) is 5.57. The predicted molar refractivity (Wildman–Crippen MR) is 110 cm³/mol. The van der Waals surface area contributed by atoms with Crippen LogP contribution in [-0.4, -0.2) is 29.4 Å². The molecule has 0 saturated heterocycles. The van der Waals surface area contributed by atoms with Crippen LogP contribution in [0.1, 0.15) is 48.9 Å². The van der Waals surface area contributed by atoms with E-state index in [0.717, 1.165) is 50.6 Å². The number of nitrogens with zero attached hydrogens (tertiary/aromatic N) is 1. The molecule has 3 nitrogen and oxygen atoms in total. The van der Waals surface area contributed by atoms with Crippen LogP contribution in [0.3, 0.4) is 0 Å². The molecular weight excluding hydrogens is 332 g/mol. The first-order valence-corrected chi connectivity index (χ1v) is 10.1. The molecule has 3 heteroatoms. The van der Waals surface area contributed by atoms with Crippen molar-refractivity contribution in [1.82, 2.24) is 10.2 Å². The Morgan fingerprint density at radius 2 is 1.81 bits per heavy atom. The van der Waals surface area contributed by atoms with Crippen LogP contribution in [0.5, 0.6) is 0 Å². The molecule has 1 heterocycles. The van der Waals surface area contributed by atoms with Crippen molar-refractivity contribution in [2.45, 2.75) is 50.6 Å². The van der Waals surface area contributed by atoms with E-state index in [0.29, 0.717) is 12.1 Å². The summed E-state index contributed by atoms with van der Waals surface area (Å²) in [6.45, 7) is 0.999. The van der Waals surface area contributed by atoms with Gasteiger partial charge in [-0.05, 0) is 67.9 Å². The van der Waals surface area contributed by atoms with E-state index >= 15 is 0 Å². The summed E-state index contributed by atoms with van der Waals surface area (Å²) in [6.07, 6.45) is 20.3. The highest BCUT2D eigenvalue weighted by Crippen LogP contribution is 2.28. The Morgan fingerprint density at radius 3 is 2.48 bits per heavy atom. The third-order valence-electron chi connectivity index (χ3n) is 5.88. The van der Waals surface area contributed by atoms with E-state index in [1.165, 1.54) is 11.1 Å². The molecule has 2 aliphatic carbocycles. The minimum Gasteiger partial charge on any atom is -0.371 e. The number of hydrogen-bond acceptors (Lipinski definition) is 2. The smallest absolute Gasteiger partial charge is 0.251 e. The summed E-state index contributed by atoms with van der Waals surface area (Å²) < 4.78 is 0. The number of rotatable bonds is 4. The minimum atomic E-state index is 0.0549. The molecule has 0 unspecified atom stereocenters. The van der Waals surface area contributed by atoms with Crippen LogP contribution >= 0.6 is 0 Å². The van der Waals surface area contributed by atoms with Crippen molar-refractivity contribution in [2.24, 2.45) is 0 Å². The number of carbonyl (C=O) groups excluding carboxylic acids is 1. The van der Waals surface area contributed by atoms with E-state index in [2.05, 4.69) is 46.8 Å². The van der Waals surface area contributed by atoms with E-state index in [1.807, 2.05) is 30.3 Å². The summed E-state index contributed by atoms with van der Waals surface area (Å²) in [4.78, 5) is 14.8. The molecule has 1 aromatic rings. The highest BCUT2D eigenvalue weighted by Gasteiger charge is 2.26. The van der Waals surface area contributed by atoms with Gasteiger partial charge in [0, 0.05) is 30.4 Å². The molecule has 140 valence electrons. The number of allylic oxidation sites excluding steroid dienone is 6. The summed E-state index contributed by atoms with van der Waals surface area (Å²) in [5, 5.41) is 3.21. The maximum atomic E-state index is 12.3. The predicted octanol–water partition coefficient (Wildman–Crippen LogP) is 4.76. The molecule has 0 spiro atoms. The second-order valence-electron chi connectivity index (χ2n) is 7.66. The van der Waals surface area contributed by atoms with Crippen molar-refractivity contribution in [3.8, 4) is 0 Å². The van der Waals surface area contributed by atoms with Crippen LogP contribution < -0.4 is 5.32 Å². The van der Waals surface area contributed by atoms with E-state index in [1.54, 1.807) is 0 Å². The highest BCUT2D eigenvalue weighted by molar-refractivity contribution is 5.94. The quantitative estimate of drug-likeness (QED) is 0.785. The monoisotopic (exact) mass is 360 g/mol. The summed E-state index contributed by atoms with van der Waals surface area (Å²) >= 11 is 0. The molecule has 1 aromatic carbocycles. The average Bonchev–Trinajstić information content (AvgIpc) is 2.76. The van der Waals surface area contributed by atoms with Gasteiger partial charge in [0.2, 0.25) is 0 Å². The van der Waals surface area contributed by atoms with Crippen LogP contribution in [0, 0.1) is 0 Å². The van der Waals surface area contributed by atoms with E-state index < -0.39 is 0 Å². The summed E-state index contributed by atoms with van der Waals surface area (Å²) in [7, 11) is 0. The molecule has 0 atom stereocenters. The molecule has 1 fully saturated rings. The summed E-state index contributed by atoms with van der Waals surface area (Å²) in [6, 6.07) is 10.4. The van der Waals surface area contributed by atoms with Crippen molar-refractivity contribution in [2.75, 3.05) is 6.54 Å². The molecule has 4 rings (SSSR count). The molecule has 0 bridgehead atoms. The standard InChI is InChI=1S/C24H28N2O/c27-24(21-9-5-2-6-10-21)25-22-11-13-23(14-12-22)26-17-15-20(16-18-26)19-7-3-1-4-8-19/h1-3,5-6,8-10,15-17,22-23H,4,7,11-14,18H2,(H,25,27). The lowest BCUT2D eigenvalue weighted by molar-refractivity contribution is 0.0916. The van der Waals surface area contributed by atoms with Gasteiger partial charge in [-0.25, -0.2) is 0 Å². The number of nitrogens with one attached hydrogen (secondary N) is 1. The maximum absolute atomic E-state index is 12.3. The van der Waals surface area contributed by atoms with Crippen LogP contribution in [0.15, 0.2) is 78.1 Å². The molecule has 3 aliphatic rings. The van der Waals surface area contributed by atoms with Gasteiger partial charge in [0.05, 0.1) is 0 Å². The largest absolute Gasteiger partial charge is 0.371 e. The molecule has 1 amide bonds. The maximum Gasteiger partial charge on any atom is 0.251 e. The Morgan fingerprint density at radius 1 is 1.00 bits per heavy atom. The second-order valence-corrected chi connectivity index (χ2v) is 7.66. The van der Waals surface area contributed by atoms with Gasteiger partial charge in [-0.2, -0.15) is 0 Å². The topological polar surface area (TPSA) is 32.3 Å². The molecule has 0 aromatic heterocycles. The van der Waals surface area contributed by atoms with Crippen molar-refractivity contribution < 1.29 is 4.79 Å². The van der Waals surface area contributed by atoms with Gasteiger partial charge in [0.1, 0.15) is 0 Å². The Balaban J connectivity index is 1.25. The van der Waals surface area contributed by atoms with Gasteiger partial charge in [0.25, 0.3) is 5.91 Å². The Hall–Kier alpha value is -2.55. The van der Waals surface area contributed by atoms with Gasteiger partial charge in [-0.3, -0.25) is 4.79 Å². The van der Waals surface area contributed by atoms with Gasteiger partial charge in [-0.15, -0.1) is 0 Å². The zero-order valence-electron chi connectivity index (χ0n) is 15.8. The fourth-order valence-electron chi connectivity index (χ4n) is 4.26. The van der Waals surface area contributed by atoms with Crippen molar-refractivity contribution >= 4 is 5.91 Å². The molecule has 1 N–H and O–H groups in total. The molecular formula is C24H28N2O. The van der Waals surface area contributed by atoms with Gasteiger partial charge >= 0.3 is 0 Å². The van der Waals surface area contributed by atoms with Gasteiger partial charge < -0.3 is 10.2 Å². The SMILES string of the molecule is O=C(NC1CCC(N2C=CC(C3=CCC=CC3)=CC2)CC1)c1ccccc1. The molecule has 0 radical (unpaired) electrons. The molecule has 1 aliphatic heterocycles. The number of amides is 1. The van der Waals surface area contributed by atoms with Crippen LogP contribution in [-0.2, 0) is 0 Å². The first-order chi connectivity index (χ1) is 13.3. The lowest BCUT2D eigenvalue weighted by Gasteiger charge is -2.37. The van der Waals surface area contributed by atoms with E-state index in [-0.39, 0.29) is 5.91 Å². The number of carbonyl (C=O) groups is 1. The first-order valence-electron chi connectivity index (χ1n) is 10.1. The lowest BCUT2D eigenvalue weighted by atomic mass is 9.89. The first kappa shape index (κ1) is 17.8. The minimum absolute atomic E-state index is 0.0549. The van der Waals surface area contributed by atoms with Crippen LogP contribution in [0.25, 0.3) is 0 Å². The fraction of sp³-hybridized carbons (Fsp3) is 0.375. The highest BCUT2D eigenvalue weighted by atomic mass is 16.1. The Bertz CT molecular complexity index is 780. The van der Waals surface area contributed by atoms with E-state index in [4.69, 9.17) is 0 Å². The molecule has 27 heavy (non-hydrogen) atoms. The lowest BCUT2D eigenvalue weighted by Crippen LogP contribution is -2.42. The average molecular weight is 361 g/mol. The van der Waals surface area contributed by atoms with Crippen molar-refractivity contribution in [3.05, 3.63) is 83.6 Å². The summed E-state index contributed by atoms with van der Waals surface area (Å²) in [5.74, 6) is 0.0549. The zero-order chi connectivity index (χ0) is 18.5. The normalized spacial score (nSPS) is 25.0. The van der Waals surface area contributed by atoms with Crippen molar-refractivity contribution in [1.29, 1.82) is 0 Å². The van der Waals surface area contributed by atoms with Crippen molar-refractivity contribution in [3.63, 3.8) is 0 Å². The fourth-order valence-corrected chi connectivity index (χ4v) is 4.26. The van der Waals surface area contributed by atoms with Crippen LogP contribution in [0.4, 0.5) is 0 Å². The Labute approximate surface area is 162 Å². The number of benzene rings is 1. The summed E-state index contributed by atoms with van der Waals surface area (Å²) in [5.41, 5.74) is 3.60. The van der Waals surface area contributed by atoms with E-state index in [9.17, 15) is 4.79 Å².